The number of hydrogen-bond donors (Lipinski definition) is 0. The van der Waals surface area contributed by atoms with Crippen molar-refractivity contribution >= 4 is 28.9 Å². The third-order valence-corrected chi connectivity index (χ3v) is 4.57. The highest BCUT2D eigenvalue weighted by atomic mass is 32.2. The summed E-state index contributed by atoms with van der Waals surface area (Å²) in [5.41, 5.74) is 0.647. The Bertz CT molecular complexity index is 584. The maximum absolute atomic E-state index is 12.1. The molecule has 0 amide bonds. The SMILES string of the molecule is O=C(CSc1nccs1)c1ccc2c(c1)OCCO2. The lowest BCUT2D eigenvalue weighted by Crippen LogP contribution is -2.16. The zero-order valence-electron chi connectivity index (χ0n) is 10.00. The number of carbonyl (C=O) groups excluding carboxylic acids is 1. The number of hydrogen-bond acceptors (Lipinski definition) is 6. The number of thiazole rings is 1. The molecule has 3 rings (SSSR count). The highest BCUT2D eigenvalue weighted by molar-refractivity contribution is 8.01. The molecule has 98 valence electrons. The molecular weight excluding hydrogens is 282 g/mol. The lowest BCUT2D eigenvalue weighted by molar-refractivity contribution is 0.102. The Hall–Kier alpha value is -1.53. The van der Waals surface area contributed by atoms with E-state index in [4.69, 9.17) is 9.47 Å². The minimum Gasteiger partial charge on any atom is -0.486 e. The molecule has 0 saturated heterocycles. The van der Waals surface area contributed by atoms with Crippen molar-refractivity contribution in [3.63, 3.8) is 0 Å². The van der Waals surface area contributed by atoms with Crippen LogP contribution in [0.1, 0.15) is 10.4 Å². The number of carbonyl (C=O) groups is 1. The van der Waals surface area contributed by atoms with E-state index >= 15 is 0 Å². The number of ketones is 1. The van der Waals surface area contributed by atoms with Crippen molar-refractivity contribution in [3.8, 4) is 11.5 Å². The summed E-state index contributed by atoms with van der Waals surface area (Å²) in [4.78, 5) is 16.2. The van der Waals surface area contributed by atoms with Crippen LogP contribution in [0.4, 0.5) is 0 Å². The minimum atomic E-state index is 0.0668. The van der Waals surface area contributed by atoms with E-state index in [-0.39, 0.29) is 5.78 Å². The van der Waals surface area contributed by atoms with Gasteiger partial charge in [-0.15, -0.1) is 11.3 Å². The van der Waals surface area contributed by atoms with Gasteiger partial charge in [0.25, 0.3) is 0 Å². The topological polar surface area (TPSA) is 48.4 Å². The number of ether oxygens (including phenoxy) is 2. The molecule has 4 nitrogen and oxygen atoms in total. The second-order valence-electron chi connectivity index (χ2n) is 3.87. The molecule has 0 fully saturated rings. The molecule has 0 aliphatic carbocycles. The summed E-state index contributed by atoms with van der Waals surface area (Å²) >= 11 is 2.99. The first-order valence-electron chi connectivity index (χ1n) is 5.78. The quantitative estimate of drug-likeness (QED) is 0.641. The van der Waals surface area contributed by atoms with Gasteiger partial charge >= 0.3 is 0 Å². The Balaban J connectivity index is 1.69. The molecule has 0 bridgehead atoms. The Morgan fingerprint density at radius 1 is 1.32 bits per heavy atom. The molecule has 0 radical (unpaired) electrons. The second-order valence-corrected chi connectivity index (χ2v) is 5.99. The summed E-state index contributed by atoms with van der Waals surface area (Å²) < 4.78 is 11.8. The normalized spacial score (nSPS) is 13.3. The summed E-state index contributed by atoms with van der Waals surface area (Å²) in [6, 6.07) is 5.31. The van der Waals surface area contributed by atoms with Gasteiger partial charge in [-0.25, -0.2) is 4.98 Å². The number of rotatable bonds is 4. The number of nitrogens with zero attached hydrogens (tertiary/aromatic N) is 1. The Labute approximate surface area is 118 Å². The molecule has 0 atom stereocenters. The van der Waals surface area contributed by atoms with Crippen LogP contribution >= 0.6 is 23.1 Å². The summed E-state index contributed by atoms with van der Waals surface area (Å²) in [6.07, 6.45) is 1.74. The number of thioether (sulfide) groups is 1. The van der Waals surface area contributed by atoms with Gasteiger partial charge in [0.05, 0.1) is 5.75 Å². The van der Waals surface area contributed by atoms with Crippen molar-refractivity contribution in [2.24, 2.45) is 0 Å². The highest BCUT2D eigenvalue weighted by Crippen LogP contribution is 2.31. The van der Waals surface area contributed by atoms with Crippen LogP contribution in [0.15, 0.2) is 34.1 Å². The molecule has 2 heterocycles. The van der Waals surface area contributed by atoms with Gasteiger partial charge in [0.15, 0.2) is 17.3 Å². The van der Waals surface area contributed by atoms with E-state index in [1.165, 1.54) is 23.1 Å². The van der Waals surface area contributed by atoms with E-state index in [0.29, 0.717) is 36.0 Å². The fraction of sp³-hybridized carbons (Fsp3) is 0.231. The maximum Gasteiger partial charge on any atom is 0.173 e. The lowest BCUT2D eigenvalue weighted by Gasteiger charge is -2.18. The van der Waals surface area contributed by atoms with Crippen molar-refractivity contribution in [2.45, 2.75) is 4.34 Å². The van der Waals surface area contributed by atoms with Crippen molar-refractivity contribution < 1.29 is 14.3 Å². The van der Waals surface area contributed by atoms with E-state index < -0.39 is 0 Å². The predicted octanol–water partition coefficient (Wildman–Crippen LogP) is 2.89. The smallest absolute Gasteiger partial charge is 0.173 e. The van der Waals surface area contributed by atoms with Gasteiger partial charge < -0.3 is 9.47 Å². The average molecular weight is 293 g/mol. The third kappa shape index (κ3) is 2.90. The minimum absolute atomic E-state index is 0.0668. The van der Waals surface area contributed by atoms with Crippen LogP contribution in [-0.2, 0) is 0 Å². The molecule has 1 aliphatic heterocycles. The van der Waals surface area contributed by atoms with Gasteiger partial charge in [-0.05, 0) is 18.2 Å². The van der Waals surface area contributed by atoms with E-state index in [1.54, 1.807) is 24.4 Å². The van der Waals surface area contributed by atoms with Crippen LogP contribution in [0, 0.1) is 0 Å². The van der Waals surface area contributed by atoms with Gasteiger partial charge in [0.1, 0.15) is 17.6 Å². The monoisotopic (exact) mass is 293 g/mol. The molecule has 1 aromatic heterocycles. The van der Waals surface area contributed by atoms with E-state index in [1.807, 2.05) is 5.38 Å². The predicted molar refractivity (Wildman–Crippen MR) is 74.6 cm³/mol. The first kappa shape index (κ1) is 12.5. The van der Waals surface area contributed by atoms with Crippen LogP contribution in [0.25, 0.3) is 0 Å². The number of aromatic nitrogens is 1. The first-order chi connectivity index (χ1) is 9.33. The zero-order valence-corrected chi connectivity index (χ0v) is 11.6. The van der Waals surface area contributed by atoms with E-state index in [9.17, 15) is 4.79 Å². The van der Waals surface area contributed by atoms with Gasteiger partial charge in [0, 0.05) is 17.1 Å². The molecule has 1 aliphatic rings. The van der Waals surface area contributed by atoms with Crippen LogP contribution in [-0.4, -0.2) is 29.7 Å². The van der Waals surface area contributed by atoms with Gasteiger partial charge in [-0.1, -0.05) is 11.8 Å². The second kappa shape index (κ2) is 5.63. The summed E-state index contributed by atoms with van der Waals surface area (Å²) in [7, 11) is 0. The summed E-state index contributed by atoms with van der Waals surface area (Å²) in [6.45, 7) is 1.08. The molecule has 1 aromatic carbocycles. The number of fused-ring (bicyclic) bond motifs is 1. The average Bonchev–Trinajstić information content (AvgIpc) is 2.97. The molecule has 0 N–H and O–H groups in total. The van der Waals surface area contributed by atoms with Crippen molar-refractivity contribution in [3.05, 3.63) is 35.3 Å². The number of benzene rings is 1. The molecule has 0 spiro atoms. The molecule has 2 aromatic rings. The fourth-order valence-electron chi connectivity index (χ4n) is 1.71. The van der Waals surface area contributed by atoms with Crippen LogP contribution in [0.2, 0.25) is 0 Å². The van der Waals surface area contributed by atoms with Gasteiger partial charge in [-0.3, -0.25) is 4.79 Å². The molecular formula is C13H11NO3S2. The molecule has 0 unspecified atom stereocenters. The van der Waals surface area contributed by atoms with Crippen LogP contribution < -0.4 is 9.47 Å². The van der Waals surface area contributed by atoms with E-state index in [2.05, 4.69) is 4.98 Å². The number of Topliss-reactive ketones (excluding diaryl/α,β-unsaturated/α-hetero) is 1. The van der Waals surface area contributed by atoms with Crippen LogP contribution in [0.5, 0.6) is 11.5 Å². The van der Waals surface area contributed by atoms with Gasteiger partial charge in [0.2, 0.25) is 0 Å². The standard InChI is InChI=1S/C13H11NO3S2/c15-10(8-19-13-14-3-6-18-13)9-1-2-11-12(7-9)17-5-4-16-11/h1-3,6-7H,4-5,8H2. The summed E-state index contributed by atoms with van der Waals surface area (Å²) in [5, 5.41) is 1.90. The summed E-state index contributed by atoms with van der Waals surface area (Å²) in [5.74, 6) is 1.80. The Kier molecular flexibility index (Phi) is 3.70. The van der Waals surface area contributed by atoms with Crippen molar-refractivity contribution in [1.29, 1.82) is 0 Å². The molecule has 19 heavy (non-hydrogen) atoms. The van der Waals surface area contributed by atoms with E-state index in [0.717, 1.165) is 4.34 Å². The fourth-order valence-corrected chi connectivity index (χ4v) is 3.24. The van der Waals surface area contributed by atoms with Crippen molar-refractivity contribution in [2.75, 3.05) is 19.0 Å². The van der Waals surface area contributed by atoms with Crippen molar-refractivity contribution in [1.82, 2.24) is 4.98 Å². The first-order valence-corrected chi connectivity index (χ1v) is 7.64. The molecule has 6 heteroatoms. The van der Waals surface area contributed by atoms with Gasteiger partial charge in [-0.2, -0.15) is 0 Å². The largest absolute Gasteiger partial charge is 0.486 e. The molecule has 0 saturated carbocycles. The third-order valence-electron chi connectivity index (χ3n) is 2.60. The zero-order chi connectivity index (χ0) is 13.1. The highest BCUT2D eigenvalue weighted by Gasteiger charge is 2.15. The van der Waals surface area contributed by atoms with Crippen LogP contribution in [0.3, 0.4) is 0 Å². The lowest BCUT2D eigenvalue weighted by atomic mass is 10.1. The Morgan fingerprint density at radius 3 is 2.95 bits per heavy atom. The Morgan fingerprint density at radius 2 is 2.16 bits per heavy atom. The maximum atomic E-state index is 12.1.